The fourth-order valence-electron chi connectivity index (χ4n) is 4.27. The number of hydrogen-bond donors (Lipinski definition) is 1. The molecule has 1 heterocycles. The molecule has 0 radical (unpaired) electrons. The van der Waals surface area contributed by atoms with Crippen molar-refractivity contribution in [3.63, 3.8) is 0 Å². The molecule has 0 saturated carbocycles. The topological polar surface area (TPSA) is 85.0 Å². The zero-order chi connectivity index (χ0) is 39.4. The highest BCUT2D eigenvalue weighted by molar-refractivity contribution is 7.97. The first-order valence-corrected chi connectivity index (χ1v) is 19.1. The summed E-state index contributed by atoms with van der Waals surface area (Å²) in [6.45, 7) is 27.3. The molecule has 1 aliphatic rings. The van der Waals surface area contributed by atoms with E-state index in [1.807, 2.05) is 118 Å². The molecule has 7 heteroatoms. The van der Waals surface area contributed by atoms with Crippen LogP contribution in [0.25, 0.3) is 11.1 Å². The molecular weight excluding hydrogens is 651 g/mol. The van der Waals surface area contributed by atoms with Crippen LogP contribution in [0.5, 0.6) is 5.75 Å². The number of aryl methyl sites for hydroxylation is 2. The van der Waals surface area contributed by atoms with Crippen molar-refractivity contribution in [1.29, 1.82) is 0 Å². The van der Waals surface area contributed by atoms with Gasteiger partial charge >= 0.3 is 0 Å². The molecule has 0 bridgehead atoms. The van der Waals surface area contributed by atoms with E-state index in [4.69, 9.17) is 10.6 Å². The van der Waals surface area contributed by atoms with E-state index in [1.165, 1.54) is 36.9 Å². The predicted octanol–water partition coefficient (Wildman–Crippen LogP) is 12.4. The van der Waals surface area contributed by atoms with Crippen molar-refractivity contribution < 1.29 is 14.4 Å². The summed E-state index contributed by atoms with van der Waals surface area (Å²) in [6.07, 6.45) is 1.55. The maximum atomic E-state index is 12.1. The number of benzene rings is 4. The highest BCUT2D eigenvalue weighted by Gasteiger charge is 2.33. The molecule has 2 N–H and O–H groups in total. The number of aliphatic imine (C=N–C) groups is 1. The van der Waals surface area contributed by atoms with Gasteiger partial charge in [-0.2, -0.15) is 0 Å². The molecule has 6 nitrogen and oxygen atoms in total. The van der Waals surface area contributed by atoms with Crippen LogP contribution in [0.1, 0.15) is 107 Å². The third kappa shape index (κ3) is 19.1. The number of nitrogens with zero attached hydrogens (tertiary/aromatic N) is 2. The van der Waals surface area contributed by atoms with E-state index in [-0.39, 0.29) is 5.78 Å². The normalized spacial score (nSPS) is 10.9. The van der Waals surface area contributed by atoms with Gasteiger partial charge in [-0.05, 0) is 81.5 Å². The van der Waals surface area contributed by atoms with Gasteiger partial charge in [-0.1, -0.05) is 151 Å². The Labute approximate surface area is 315 Å². The summed E-state index contributed by atoms with van der Waals surface area (Å²) in [5.41, 5.74) is 13.7. The Morgan fingerprint density at radius 2 is 1.29 bits per heavy atom. The Morgan fingerprint density at radius 3 is 1.82 bits per heavy atom. The molecule has 0 saturated heterocycles. The largest absolute Gasteiger partial charge is 0.393 e. The van der Waals surface area contributed by atoms with Crippen LogP contribution in [0.15, 0.2) is 107 Å². The minimum atomic E-state index is -0.549. The Hall–Kier alpha value is -4.20. The molecular formula is C44H65N3O3S. The van der Waals surface area contributed by atoms with Crippen LogP contribution >= 0.6 is 11.9 Å². The highest BCUT2D eigenvalue weighted by atomic mass is 32.2. The van der Waals surface area contributed by atoms with Crippen LogP contribution in [-0.4, -0.2) is 27.9 Å². The molecule has 1 aliphatic heterocycles. The summed E-state index contributed by atoms with van der Waals surface area (Å²) in [7, 11) is 0. The summed E-state index contributed by atoms with van der Waals surface area (Å²) < 4.78 is 1.61. The number of ketones is 1. The van der Waals surface area contributed by atoms with Gasteiger partial charge in [-0.15, -0.1) is 0 Å². The molecule has 280 valence electrons. The molecule has 5 rings (SSSR count). The van der Waals surface area contributed by atoms with Gasteiger partial charge in [0.25, 0.3) is 0 Å². The SMILES string of the molecule is CC.CC.CC.CC.CC(C)=O.CCc1ccccc1N=C(C)C.Cc1cccc(-c2ccc3c(c2)SN([C@@H](Cc2ccccc2)C(N)=O)O3)c1. The first-order valence-electron chi connectivity index (χ1n) is 18.3. The molecule has 51 heavy (non-hydrogen) atoms. The van der Waals surface area contributed by atoms with E-state index in [9.17, 15) is 9.59 Å². The van der Waals surface area contributed by atoms with Gasteiger partial charge in [0.15, 0.2) is 5.75 Å². The van der Waals surface area contributed by atoms with E-state index < -0.39 is 11.9 Å². The molecule has 4 aromatic carbocycles. The van der Waals surface area contributed by atoms with Crippen LogP contribution < -0.4 is 10.6 Å². The van der Waals surface area contributed by atoms with Crippen LogP contribution in [0, 0.1) is 6.92 Å². The van der Waals surface area contributed by atoms with E-state index in [0.717, 1.165) is 45.2 Å². The summed E-state index contributed by atoms with van der Waals surface area (Å²) in [5, 5.41) is 0. The number of nitrogens with two attached hydrogens (primary N) is 1. The standard InChI is InChI=1S/C22H20N2O2S.C11H15N.C3H6O.4C2H6/c1-15-6-5-9-17(12-15)18-10-11-20-21(14-18)27-24(26-20)19(22(23)25)13-16-7-3-2-4-8-16;1-4-10-7-5-6-8-11(10)12-9(2)3;1-3(2)4;4*1-2/h2-12,14,19H,13H2,1H3,(H2,23,25);5-8H,4H2,1-3H3;1-2H3;4*1-2H3/t19-;;;;;;/m0....../s1. The van der Waals surface area contributed by atoms with Crippen molar-refractivity contribution in [2.45, 2.75) is 121 Å². The van der Waals surface area contributed by atoms with Crippen molar-refractivity contribution >= 4 is 35.0 Å². The van der Waals surface area contributed by atoms with Gasteiger partial charge in [-0.25, -0.2) is 0 Å². The minimum absolute atomic E-state index is 0.167. The van der Waals surface area contributed by atoms with Crippen molar-refractivity contribution in [3.8, 4) is 16.9 Å². The molecule has 0 aromatic heterocycles. The van der Waals surface area contributed by atoms with Crippen molar-refractivity contribution in [2.24, 2.45) is 10.7 Å². The number of hydroxylamine groups is 1. The Kier molecular flexibility index (Phi) is 28.3. The highest BCUT2D eigenvalue weighted by Crippen LogP contribution is 2.43. The number of primary amides is 1. The average Bonchev–Trinajstić information content (AvgIpc) is 3.57. The molecule has 0 aliphatic carbocycles. The number of para-hydroxylation sites is 1. The second-order valence-corrected chi connectivity index (χ2v) is 11.5. The quantitative estimate of drug-likeness (QED) is 0.152. The second-order valence-electron chi connectivity index (χ2n) is 10.6. The lowest BCUT2D eigenvalue weighted by Crippen LogP contribution is -2.42. The summed E-state index contributed by atoms with van der Waals surface area (Å²) >= 11 is 1.42. The zero-order valence-electron chi connectivity index (χ0n) is 33.8. The first kappa shape index (κ1) is 48.9. The lowest BCUT2D eigenvalue weighted by Gasteiger charge is -2.21. The molecule has 0 fully saturated rings. The third-order valence-corrected chi connectivity index (χ3v) is 7.27. The van der Waals surface area contributed by atoms with Gasteiger partial charge < -0.3 is 15.4 Å². The van der Waals surface area contributed by atoms with Gasteiger partial charge in [0.2, 0.25) is 5.91 Å². The smallest absolute Gasteiger partial charge is 0.239 e. The van der Waals surface area contributed by atoms with Gasteiger partial charge in [0, 0.05) is 24.1 Å². The van der Waals surface area contributed by atoms with Gasteiger partial charge in [0.05, 0.1) is 10.6 Å². The maximum absolute atomic E-state index is 12.1. The fourth-order valence-corrected chi connectivity index (χ4v) is 5.27. The van der Waals surface area contributed by atoms with Crippen LogP contribution in [0.4, 0.5) is 5.69 Å². The number of carbonyl (C=O) groups excluding carboxylic acids is 2. The molecule has 0 spiro atoms. The number of carbonyl (C=O) groups is 2. The van der Waals surface area contributed by atoms with Crippen LogP contribution in [-0.2, 0) is 22.4 Å². The summed E-state index contributed by atoms with van der Waals surface area (Å²) in [5.74, 6) is 0.508. The molecule has 1 amide bonds. The number of Topliss-reactive ketones (excluding diaryl/α,β-unsaturated/α-hetero) is 1. The predicted molar refractivity (Wildman–Crippen MR) is 224 cm³/mol. The molecule has 4 aromatic rings. The second kappa shape index (κ2) is 29.5. The first-order chi connectivity index (χ1) is 24.6. The molecule has 0 unspecified atom stereocenters. The number of rotatable bonds is 7. The Morgan fingerprint density at radius 1 is 0.745 bits per heavy atom. The fraction of sp³-hybridized carbons (Fsp3) is 0.386. The number of fused-ring (bicyclic) bond motifs is 1. The lowest BCUT2D eigenvalue weighted by atomic mass is 10.0. The van der Waals surface area contributed by atoms with Crippen LogP contribution in [0.3, 0.4) is 0 Å². The number of hydrogen-bond acceptors (Lipinski definition) is 6. The Bertz CT molecular complexity index is 1550. The van der Waals surface area contributed by atoms with Gasteiger partial charge in [0.1, 0.15) is 11.8 Å². The van der Waals surface area contributed by atoms with E-state index in [1.54, 1.807) is 4.47 Å². The molecule has 1 atom stereocenters. The lowest BCUT2D eigenvalue weighted by molar-refractivity contribution is -0.127. The monoisotopic (exact) mass is 715 g/mol. The number of amides is 1. The summed E-state index contributed by atoms with van der Waals surface area (Å²) in [6, 6.07) is 32.0. The maximum Gasteiger partial charge on any atom is 0.239 e. The van der Waals surface area contributed by atoms with Crippen molar-refractivity contribution in [3.05, 3.63) is 114 Å². The van der Waals surface area contributed by atoms with Crippen molar-refractivity contribution in [2.75, 3.05) is 0 Å². The van der Waals surface area contributed by atoms with E-state index in [2.05, 4.69) is 67.4 Å². The van der Waals surface area contributed by atoms with E-state index >= 15 is 0 Å². The average molecular weight is 716 g/mol. The third-order valence-electron chi connectivity index (χ3n) is 6.24. The minimum Gasteiger partial charge on any atom is -0.393 e. The van der Waals surface area contributed by atoms with Crippen LogP contribution in [0.2, 0.25) is 0 Å². The zero-order valence-corrected chi connectivity index (χ0v) is 34.7. The van der Waals surface area contributed by atoms with Crippen molar-refractivity contribution in [1.82, 2.24) is 4.47 Å². The van der Waals surface area contributed by atoms with E-state index in [0.29, 0.717) is 6.42 Å². The summed E-state index contributed by atoms with van der Waals surface area (Å²) in [4.78, 5) is 32.8. The Balaban J connectivity index is 0. The van der Waals surface area contributed by atoms with Gasteiger partial charge in [-0.3, -0.25) is 9.79 Å².